The fourth-order valence-corrected chi connectivity index (χ4v) is 10.3. The quantitative estimate of drug-likeness (QED) is 0.297. The van der Waals surface area contributed by atoms with Gasteiger partial charge in [-0.25, -0.2) is 4.79 Å². The summed E-state index contributed by atoms with van der Waals surface area (Å²) in [4.78, 5) is 51.7. The summed E-state index contributed by atoms with van der Waals surface area (Å²) in [6.45, 7) is 9.48. The summed E-state index contributed by atoms with van der Waals surface area (Å²) < 4.78 is 34.8. The first kappa shape index (κ1) is 29.3. The molecule has 5 aliphatic rings. The van der Waals surface area contributed by atoms with E-state index in [2.05, 4.69) is 6.92 Å². The number of hydrogen-bond acceptors (Lipinski definition) is 11. The Hall–Kier alpha value is -2.76. The van der Waals surface area contributed by atoms with Crippen molar-refractivity contribution in [2.75, 3.05) is 13.7 Å². The van der Waals surface area contributed by atoms with Crippen molar-refractivity contribution >= 4 is 23.7 Å². The minimum absolute atomic E-state index is 0.0268. The standard InChI is InChI=1S/C31H40O11/c1-15(32)39-14-27(3)20(34)11-21-29(5,25(27)23(26(35)37-7)40-16(2)33)24-19(41-21)12-28(4)18(17-8-9-38-13-17)10-22-31(28,42-22)30(24,6)36/h8-9,13,18-19,21-25,36H,10-12,14H2,1-7H3. The van der Waals surface area contributed by atoms with E-state index in [0.29, 0.717) is 12.8 Å². The largest absolute Gasteiger partial charge is 0.472 e. The molecule has 6 rings (SSSR count). The van der Waals surface area contributed by atoms with E-state index in [9.17, 15) is 24.3 Å². The van der Waals surface area contributed by atoms with E-state index in [1.165, 1.54) is 21.0 Å². The maximum Gasteiger partial charge on any atom is 0.347 e. The molecule has 3 aliphatic carbocycles. The van der Waals surface area contributed by atoms with Gasteiger partial charge in [0.2, 0.25) is 6.10 Å². The maximum absolute atomic E-state index is 14.0. The first-order valence-corrected chi connectivity index (χ1v) is 14.6. The van der Waals surface area contributed by atoms with Crippen LogP contribution in [0, 0.1) is 28.1 Å². The molecule has 12 unspecified atom stereocenters. The topological polar surface area (TPSA) is 151 Å². The summed E-state index contributed by atoms with van der Waals surface area (Å²) in [6.07, 6.45) is 1.64. The third-order valence-corrected chi connectivity index (χ3v) is 11.8. The molecule has 1 spiro atoms. The molecule has 2 aliphatic heterocycles. The van der Waals surface area contributed by atoms with Crippen LogP contribution in [0.2, 0.25) is 0 Å². The van der Waals surface area contributed by atoms with Crippen LogP contribution in [0.25, 0.3) is 0 Å². The highest BCUT2D eigenvalue weighted by Gasteiger charge is 2.88. The van der Waals surface area contributed by atoms with Gasteiger partial charge in [0.25, 0.3) is 0 Å². The lowest BCUT2D eigenvalue weighted by molar-refractivity contribution is -0.220. The predicted octanol–water partition coefficient (Wildman–Crippen LogP) is 2.72. The molecule has 1 N–H and O–H groups in total. The summed E-state index contributed by atoms with van der Waals surface area (Å²) in [7, 11) is 1.18. The lowest BCUT2D eigenvalue weighted by Gasteiger charge is -2.60. The van der Waals surface area contributed by atoms with Crippen LogP contribution in [0.15, 0.2) is 23.0 Å². The van der Waals surface area contributed by atoms with E-state index in [4.69, 9.17) is 28.1 Å². The number of esters is 3. The van der Waals surface area contributed by atoms with Gasteiger partial charge in [-0.05, 0) is 44.2 Å². The van der Waals surface area contributed by atoms with Crippen LogP contribution in [-0.4, -0.2) is 78.1 Å². The third kappa shape index (κ3) is 3.50. The lowest BCUT2D eigenvalue weighted by Crippen LogP contribution is -2.71. The summed E-state index contributed by atoms with van der Waals surface area (Å²) in [5.74, 6) is -4.11. The molecular formula is C31H40O11. The van der Waals surface area contributed by atoms with Crippen LogP contribution < -0.4 is 0 Å². The first-order chi connectivity index (χ1) is 19.6. The number of carbonyl (C=O) groups is 4. The zero-order valence-corrected chi connectivity index (χ0v) is 25.1. The Bertz CT molecular complexity index is 1320. The maximum atomic E-state index is 14.0. The van der Waals surface area contributed by atoms with E-state index in [1.807, 2.05) is 13.0 Å². The van der Waals surface area contributed by atoms with Gasteiger partial charge in [0.1, 0.15) is 18.0 Å². The highest BCUT2D eigenvalue weighted by molar-refractivity contribution is 5.89. The Balaban J connectivity index is 1.51. The minimum Gasteiger partial charge on any atom is -0.472 e. The fraction of sp³-hybridized carbons (Fsp3) is 0.742. The molecule has 0 bridgehead atoms. The van der Waals surface area contributed by atoms with Crippen molar-refractivity contribution in [1.82, 2.24) is 0 Å². The Kier molecular flexibility index (Phi) is 6.37. The highest BCUT2D eigenvalue weighted by atomic mass is 16.6. The number of hydrogen-bond donors (Lipinski definition) is 1. The lowest BCUT2D eigenvalue weighted by atomic mass is 9.43. The number of epoxide rings is 1. The van der Waals surface area contributed by atoms with Crippen molar-refractivity contribution in [3.05, 3.63) is 24.2 Å². The molecule has 1 aromatic rings. The van der Waals surface area contributed by atoms with Gasteiger partial charge in [-0.1, -0.05) is 13.8 Å². The van der Waals surface area contributed by atoms with Crippen LogP contribution in [0.3, 0.4) is 0 Å². The second-order valence-corrected chi connectivity index (χ2v) is 13.8. The third-order valence-electron chi connectivity index (χ3n) is 11.8. The van der Waals surface area contributed by atoms with Crippen molar-refractivity contribution in [1.29, 1.82) is 0 Å². The second-order valence-electron chi connectivity index (χ2n) is 13.8. The van der Waals surface area contributed by atoms with Gasteiger partial charge in [0.15, 0.2) is 0 Å². The zero-order chi connectivity index (χ0) is 30.6. The molecule has 1 aromatic heterocycles. The number of ether oxygens (including phenoxy) is 5. The molecule has 11 heteroatoms. The number of carbonyl (C=O) groups excluding carboxylic acids is 4. The monoisotopic (exact) mass is 588 g/mol. The normalized spacial score (nSPS) is 47.4. The average molecular weight is 589 g/mol. The SMILES string of the molecule is COC(=O)C(OC(C)=O)C1C(C)(COC(C)=O)C(=O)CC2OC3CC4(C)C(c5ccoc5)CC5OC54C(C)(O)C3C21C. The molecule has 12 atom stereocenters. The van der Waals surface area contributed by atoms with Crippen molar-refractivity contribution < 1.29 is 52.4 Å². The van der Waals surface area contributed by atoms with Gasteiger partial charge in [0, 0.05) is 42.9 Å². The minimum atomic E-state index is -1.52. The number of Topliss-reactive ketones (excluding diaryl/α,β-unsaturated/α-hetero) is 1. The first-order valence-electron chi connectivity index (χ1n) is 14.6. The van der Waals surface area contributed by atoms with Gasteiger partial charge < -0.3 is 33.2 Å². The number of ketones is 1. The van der Waals surface area contributed by atoms with Crippen LogP contribution in [0.1, 0.15) is 72.3 Å². The van der Waals surface area contributed by atoms with Crippen molar-refractivity contribution in [2.45, 2.75) is 102 Å². The fourth-order valence-electron chi connectivity index (χ4n) is 10.3. The van der Waals surface area contributed by atoms with Crippen molar-refractivity contribution in [3.63, 3.8) is 0 Å². The summed E-state index contributed by atoms with van der Waals surface area (Å²) in [5.41, 5.74) is -4.44. The molecule has 3 saturated carbocycles. The zero-order valence-electron chi connectivity index (χ0n) is 25.1. The molecule has 2 saturated heterocycles. The molecular weight excluding hydrogens is 548 g/mol. The van der Waals surface area contributed by atoms with Gasteiger partial charge in [-0.2, -0.15) is 0 Å². The number of aliphatic hydroxyl groups is 1. The molecule has 0 aromatic carbocycles. The van der Waals surface area contributed by atoms with Gasteiger partial charge >= 0.3 is 17.9 Å². The Morgan fingerprint density at radius 3 is 2.43 bits per heavy atom. The van der Waals surface area contributed by atoms with Crippen LogP contribution in [0.4, 0.5) is 0 Å². The Morgan fingerprint density at radius 2 is 1.83 bits per heavy atom. The molecule has 11 nitrogen and oxygen atoms in total. The van der Waals surface area contributed by atoms with Crippen molar-refractivity contribution in [3.8, 4) is 0 Å². The van der Waals surface area contributed by atoms with E-state index in [0.717, 1.165) is 5.56 Å². The van der Waals surface area contributed by atoms with Gasteiger partial charge in [0.05, 0.1) is 49.0 Å². The molecule has 0 amide bonds. The molecule has 42 heavy (non-hydrogen) atoms. The van der Waals surface area contributed by atoms with Gasteiger partial charge in [-0.15, -0.1) is 0 Å². The van der Waals surface area contributed by atoms with Gasteiger partial charge in [-0.3, -0.25) is 14.4 Å². The predicted molar refractivity (Wildman–Crippen MR) is 143 cm³/mol. The molecule has 5 fully saturated rings. The van der Waals surface area contributed by atoms with E-state index < -0.39 is 75.5 Å². The molecule has 0 radical (unpaired) electrons. The van der Waals surface area contributed by atoms with E-state index >= 15 is 0 Å². The Labute approximate surface area is 244 Å². The summed E-state index contributed by atoms with van der Waals surface area (Å²) in [5, 5.41) is 12.8. The summed E-state index contributed by atoms with van der Waals surface area (Å²) >= 11 is 0. The smallest absolute Gasteiger partial charge is 0.347 e. The number of furan rings is 1. The molecule has 3 heterocycles. The molecule has 230 valence electrons. The van der Waals surface area contributed by atoms with Crippen LogP contribution in [0.5, 0.6) is 0 Å². The number of rotatable bonds is 6. The second kappa shape index (κ2) is 9.12. The highest BCUT2D eigenvalue weighted by Crippen LogP contribution is 2.79. The van der Waals surface area contributed by atoms with E-state index in [-0.39, 0.29) is 30.8 Å². The summed E-state index contributed by atoms with van der Waals surface area (Å²) in [6, 6.07) is 1.95. The van der Waals surface area contributed by atoms with E-state index in [1.54, 1.807) is 26.4 Å². The number of fused-ring (bicyclic) bond motifs is 3. The average Bonchev–Trinajstić information content (AvgIpc) is 3.15. The Morgan fingerprint density at radius 1 is 1.12 bits per heavy atom. The van der Waals surface area contributed by atoms with Crippen LogP contribution in [-0.2, 0) is 42.9 Å². The number of methoxy groups -OCH3 is 1. The van der Waals surface area contributed by atoms with Crippen LogP contribution >= 0.6 is 0 Å². The van der Waals surface area contributed by atoms with Crippen molar-refractivity contribution in [2.24, 2.45) is 28.1 Å².